The molecule has 2 N–H and O–H groups in total. The van der Waals surface area contributed by atoms with Crippen LogP contribution in [0.4, 0.5) is 17.1 Å². The van der Waals surface area contributed by atoms with Crippen LogP contribution < -0.4 is 10.6 Å². The molecular formula is C14H24N4O2. The summed E-state index contributed by atoms with van der Waals surface area (Å²) in [7, 11) is 0. The lowest BCUT2D eigenvalue weighted by atomic mass is 10.2. The van der Waals surface area contributed by atoms with Crippen LogP contribution in [0.25, 0.3) is 0 Å². The third-order valence-corrected chi connectivity index (χ3v) is 3.16. The van der Waals surface area contributed by atoms with Crippen LogP contribution in [0.2, 0.25) is 0 Å². The van der Waals surface area contributed by atoms with Crippen molar-refractivity contribution in [2.24, 2.45) is 0 Å². The molecule has 0 radical (unpaired) electrons. The lowest BCUT2D eigenvalue weighted by Gasteiger charge is -2.18. The molecule has 1 rings (SSSR count). The van der Waals surface area contributed by atoms with Crippen LogP contribution in [0.15, 0.2) is 18.2 Å². The second kappa shape index (κ2) is 8.37. The fourth-order valence-corrected chi connectivity index (χ4v) is 2.02. The molecule has 0 aliphatic heterocycles. The number of nitrogens with zero attached hydrogens (tertiary/aromatic N) is 2. The van der Waals surface area contributed by atoms with Gasteiger partial charge in [-0.2, -0.15) is 0 Å². The number of non-ortho nitro benzene ring substituents is 1. The van der Waals surface area contributed by atoms with Crippen molar-refractivity contribution in [3.05, 3.63) is 28.3 Å². The third kappa shape index (κ3) is 5.05. The van der Waals surface area contributed by atoms with Crippen LogP contribution >= 0.6 is 0 Å². The smallest absolute Gasteiger partial charge is 0.273 e. The number of nitrogens with one attached hydrogen (secondary N) is 2. The highest BCUT2D eigenvalue weighted by Gasteiger charge is 2.09. The van der Waals surface area contributed by atoms with Gasteiger partial charge >= 0.3 is 0 Å². The molecule has 112 valence electrons. The van der Waals surface area contributed by atoms with Crippen LogP contribution in [0.1, 0.15) is 20.8 Å². The van der Waals surface area contributed by atoms with E-state index in [1.165, 1.54) is 0 Å². The molecule has 0 atom stereocenters. The minimum absolute atomic E-state index is 0.105. The van der Waals surface area contributed by atoms with Crippen LogP contribution in [0.5, 0.6) is 0 Å². The summed E-state index contributed by atoms with van der Waals surface area (Å²) in [4.78, 5) is 12.9. The van der Waals surface area contributed by atoms with Gasteiger partial charge in [-0.25, -0.2) is 0 Å². The number of rotatable bonds is 9. The minimum atomic E-state index is -0.365. The zero-order valence-electron chi connectivity index (χ0n) is 12.5. The molecule has 0 saturated heterocycles. The molecule has 1 aromatic carbocycles. The fourth-order valence-electron chi connectivity index (χ4n) is 2.02. The maximum atomic E-state index is 10.9. The Morgan fingerprint density at radius 2 is 1.70 bits per heavy atom. The Kier molecular flexibility index (Phi) is 6.79. The average molecular weight is 280 g/mol. The van der Waals surface area contributed by atoms with E-state index in [9.17, 15) is 10.1 Å². The third-order valence-electron chi connectivity index (χ3n) is 3.16. The second-order valence-electron chi connectivity index (χ2n) is 4.51. The molecule has 0 unspecified atom stereocenters. The van der Waals surface area contributed by atoms with Gasteiger partial charge in [0.2, 0.25) is 0 Å². The lowest BCUT2D eigenvalue weighted by molar-refractivity contribution is -0.384. The Morgan fingerprint density at radius 3 is 2.20 bits per heavy atom. The Balaban J connectivity index is 2.70. The van der Waals surface area contributed by atoms with Gasteiger partial charge in [-0.05, 0) is 26.1 Å². The zero-order valence-corrected chi connectivity index (χ0v) is 12.5. The summed E-state index contributed by atoms with van der Waals surface area (Å²) < 4.78 is 0. The lowest BCUT2D eigenvalue weighted by Crippen LogP contribution is -2.28. The fraction of sp³-hybridized carbons (Fsp3) is 0.571. The van der Waals surface area contributed by atoms with Gasteiger partial charge in [0, 0.05) is 43.1 Å². The molecular weight excluding hydrogens is 256 g/mol. The topological polar surface area (TPSA) is 70.4 Å². The van der Waals surface area contributed by atoms with Gasteiger partial charge in [0.1, 0.15) is 0 Å². The summed E-state index contributed by atoms with van der Waals surface area (Å²) in [5.41, 5.74) is 1.66. The average Bonchev–Trinajstić information content (AvgIpc) is 2.44. The van der Waals surface area contributed by atoms with Gasteiger partial charge in [-0.3, -0.25) is 10.1 Å². The maximum absolute atomic E-state index is 10.9. The van der Waals surface area contributed by atoms with E-state index in [1.54, 1.807) is 12.1 Å². The Morgan fingerprint density at radius 1 is 1.10 bits per heavy atom. The summed E-state index contributed by atoms with van der Waals surface area (Å²) >= 11 is 0. The number of benzene rings is 1. The first-order valence-electron chi connectivity index (χ1n) is 7.10. The molecule has 6 heteroatoms. The van der Waals surface area contributed by atoms with Gasteiger partial charge in [0.05, 0.1) is 4.92 Å². The normalized spacial score (nSPS) is 10.6. The first-order valence-corrected chi connectivity index (χ1v) is 7.10. The standard InChI is InChI=1S/C14H24N4O2/c1-4-15-12-9-13(11-14(10-12)18(19)20)16-7-8-17(5-2)6-3/h9-11,15-16H,4-8H2,1-3H3. The van der Waals surface area contributed by atoms with Crippen molar-refractivity contribution in [3.8, 4) is 0 Å². The molecule has 0 aliphatic carbocycles. The highest BCUT2D eigenvalue weighted by Crippen LogP contribution is 2.24. The number of nitro groups is 1. The Hall–Kier alpha value is -1.82. The van der Waals surface area contributed by atoms with E-state index in [1.807, 2.05) is 13.0 Å². The molecule has 0 fully saturated rings. The molecule has 20 heavy (non-hydrogen) atoms. The molecule has 0 spiro atoms. The van der Waals surface area contributed by atoms with Crippen molar-refractivity contribution in [3.63, 3.8) is 0 Å². The van der Waals surface area contributed by atoms with Crippen LogP contribution in [0, 0.1) is 10.1 Å². The highest BCUT2D eigenvalue weighted by atomic mass is 16.6. The first kappa shape index (κ1) is 16.2. The summed E-state index contributed by atoms with van der Waals surface area (Å²) in [5.74, 6) is 0. The van der Waals surface area contributed by atoms with Crippen molar-refractivity contribution in [2.75, 3.05) is 43.4 Å². The van der Waals surface area contributed by atoms with E-state index in [4.69, 9.17) is 0 Å². The summed E-state index contributed by atoms with van der Waals surface area (Å²) in [6, 6.07) is 5.03. The van der Waals surface area contributed by atoms with E-state index >= 15 is 0 Å². The zero-order chi connectivity index (χ0) is 15.0. The summed E-state index contributed by atoms with van der Waals surface area (Å²) in [6.07, 6.45) is 0. The molecule has 0 heterocycles. The summed E-state index contributed by atoms with van der Waals surface area (Å²) in [6.45, 7) is 10.7. The van der Waals surface area contributed by atoms with Crippen LogP contribution in [-0.2, 0) is 0 Å². The number of nitro benzene ring substituents is 1. The molecule has 1 aromatic rings. The van der Waals surface area contributed by atoms with Crippen LogP contribution in [0.3, 0.4) is 0 Å². The van der Waals surface area contributed by atoms with Crippen molar-refractivity contribution < 1.29 is 4.92 Å². The summed E-state index contributed by atoms with van der Waals surface area (Å²) in [5, 5.41) is 17.3. The molecule has 0 bridgehead atoms. The van der Waals surface area contributed by atoms with E-state index in [2.05, 4.69) is 29.4 Å². The quantitative estimate of drug-likeness (QED) is 0.537. The first-order chi connectivity index (χ1) is 9.60. The number of hydrogen-bond donors (Lipinski definition) is 2. The van der Waals surface area contributed by atoms with Crippen molar-refractivity contribution >= 4 is 17.1 Å². The van der Waals surface area contributed by atoms with Gasteiger partial charge < -0.3 is 15.5 Å². The number of likely N-dealkylation sites (N-methyl/N-ethyl adjacent to an activating group) is 1. The van der Waals surface area contributed by atoms with Gasteiger partial charge in [-0.15, -0.1) is 0 Å². The van der Waals surface area contributed by atoms with Crippen molar-refractivity contribution in [2.45, 2.75) is 20.8 Å². The molecule has 0 aliphatic rings. The number of anilines is 2. The van der Waals surface area contributed by atoms with E-state index in [0.717, 1.165) is 44.1 Å². The predicted octanol–water partition coefficient (Wildman–Crippen LogP) is 2.78. The largest absolute Gasteiger partial charge is 0.385 e. The minimum Gasteiger partial charge on any atom is -0.385 e. The second-order valence-corrected chi connectivity index (χ2v) is 4.51. The monoisotopic (exact) mass is 280 g/mol. The van der Waals surface area contributed by atoms with E-state index < -0.39 is 0 Å². The van der Waals surface area contributed by atoms with E-state index in [-0.39, 0.29) is 10.6 Å². The SMILES string of the molecule is CCNc1cc(NCCN(CC)CC)cc([N+](=O)[O-])c1. The van der Waals surface area contributed by atoms with Crippen molar-refractivity contribution in [1.29, 1.82) is 0 Å². The Labute approximate surface area is 120 Å². The van der Waals surface area contributed by atoms with Gasteiger partial charge in [0.15, 0.2) is 0 Å². The Bertz CT molecular complexity index is 433. The maximum Gasteiger partial charge on any atom is 0.273 e. The molecule has 0 amide bonds. The van der Waals surface area contributed by atoms with Crippen molar-refractivity contribution in [1.82, 2.24) is 4.90 Å². The molecule has 6 nitrogen and oxygen atoms in total. The van der Waals surface area contributed by atoms with Gasteiger partial charge in [-0.1, -0.05) is 13.8 Å². The predicted molar refractivity (Wildman–Crippen MR) is 83.5 cm³/mol. The van der Waals surface area contributed by atoms with E-state index in [0.29, 0.717) is 0 Å². The highest BCUT2D eigenvalue weighted by molar-refractivity contribution is 5.63. The molecule has 0 saturated carbocycles. The molecule has 0 aromatic heterocycles. The van der Waals surface area contributed by atoms with Crippen LogP contribution in [-0.4, -0.2) is 42.5 Å². The van der Waals surface area contributed by atoms with Gasteiger partial charge in [0.25, 0.3) is 5.69 Å². The number of hydrogen-bond acceptors (Lipinski definition) is 5.